The summed E-state index contributed by atoms with van der Waals surface area (Å²) >= 11 is 0. The number of fused-ring (bicyclic) bond motifs is 1. The second kappa shape index (κ2) is 7.48. The van der Waals surface area contributed by atoms with Gasteiger partial charge in [-0.15, -0.1) is 0 Å². The van der Waals surface area contributed by atoms with E-state index in [1.807, 2.05) is 0 Å². The number of hydrogen-bond acceptors (Lipinski definition) is 4. The van der Waals surface area contributed by atoms with E-state index in [4.69, 9.17) is 4.74 Å². The molecule has 0 atom stereocenters. The highest BCUT2D eigenvalue weighted by Crippen LogP contribution is 2.27. The summed E-state index contributed by atoms with van der Waals surface area (Å²) in [5.41, 5.74) is 2.73. The van der Waals surface area contributed by atoms with E-state index < -0.39 is 5.91 Å². The Kier molecular flexibility index (Phi) is 4.72. The monoisotopic (exact) mass is 377 g/mol. The summed E-state index contributed by atoms with van der Waals surface area (Å²) in [5.74, 6) is -0.754. The summed E-state index contributed by atoms with van der Waals surface area (Å²) in [6.45, 7) is -0.0450. The maximum absolute atomic E-state index is 13.8. The molecule has 140 valence electrons. The zero-order valence-electron chi connectivity index (χ0n) is 14.7. The first-order valence-electron chi connectivity index (χ1n) is 8.65. The first-order chi connectivity index (χ1) is 13.6. The number of carbonyl (C=O) groups excluding carboxylic acids is 2. The summed E-state index contributed by atoms with van der Waals surface area (Å²) in [7, 11) is 0. The van der Waals surface area contributed by atoms with Crippen LogP contribution in [0.1, 0.15) is 21.5 Å². The van der Waals surface area contributed by atoms with Gasteiger partial charge in [-0.05, 0) is 42.0 Å². The molecule has 2 amide bonds. The van der Waals surface area contributed by atoms with Crippen LogP contribution in [-0.4, -0.2) is 16.8 Å². The van der Waals surface area contributed by atoms with Crippen molar-refractivity contribution in [3.05, 3.63) is 83.3 Å². The Morgan fingerprint density at radius 2 is 2.04 bits per heavy atom. The highest BCUT2D eigenvalue weighted by Gasteiger charge is 2.19. The van der Waals surface area contributed by atoms with Crippen LogP contribution in [0.2, 0.25) is 0 Å². The number of benzene rings is 2. The van der Waals surface area contributed by atoms with Crippen molar-refractivity contribution >= 4 is 23.2 Å². The van der Waals surface area contributed by atoms with Gasteiger partial charge >= 0.3 is 0 Å². The van der Waals surface area contributed by atoms with Gasteiger partial charge in [0.05, 0.1) is 6.42 Å². The topological polar surface area (TPSA) is 80.3 Å². The van der Waals surface area contributed by atoms with Crippen molar-refractivity contribution in [1.29, 1.82) is 0 Å². The van der Waals surface area contributed by atoms with Crippen molar-refractivity contribution in [2.75, 3.05) is 10.6 Å². The summed E-state index contributed by atoms with van der Waals surface area (Å²) in [4.78, 5) is 28.2. The van der Waals surface area contributed by atoms with Gasteiger partial charge in [-0.25, -0.2) is 9.37 Å². The second-order valence-electron chi connectivity index (χ2n) is 6.29. The normalized spacial score (nSPS) is 12.2. The van der Waals surface area contributed by atoms with Crippen LogP contribution in [0.4, 0.5) is 15.8 Å². The molecule has 0 bridgehead atoms. The number of halogens is 1. The minimum absolute atomic E-state index is 0.0450. The van der Waals surface area contributed by atoms with Crippen molar-refractivity contribution in [2.24, 2.45) is 0 Å². The van der Waals surface area contributed by atoms with E-state index in [9.17, 15) is 14.0 Å². The Hall–Kier alpha value is -3.74. The van der Waals surface area contributed by atoms with Gasteiger partial charge in [-0.1, -0.05) is 18.2 Å². The Morgan fingerprint density at radius 3 is 2.89 bits per heavy atom. The zero-order valence-corrected chi connectivity index (χ0v) is 14.7. The summed E-state index contributed by atoms with van der Waals surface area (Å²) in [6.07, 6.45) is 1.78. The highest BCUT2D eigenvalue weighted by atomic mass is 19.1. The third-order valence-corrected chi connectivity index (χ3v) is 4.33. The van der Waals surface area contributed by atoms with E-state index in [-0.39, 0.29) is 36.2 Å². The Balaban J connectivity index is 1.50. The van der Waals surface area contributed by atoms with Crippen LogP contribution in [0.25, 0.3) is 0 Å². The number of amides is 2. The quantitative estimate of drug-likeness (QED) is 0.713. The first-order valence-corrected chi connectivity index (χ1v) is 8.65. The van der Waals surface area contributed by atoms with Crippen LogP contribution < -0.4 is 15.4 Å². The minimum Gasteiger partial charge on any atom is -0.472 e. The molecule has 2 N–H and O–H groups in total. The lowest BCUT2D eigenvalue weighted by Crippen LogP contribution is -2.14. The fourth-order valence-corrected chi connectivity index (χ4v) is 2.95. The number of nitrogens with one attached hydrogen (secondary N) is 2. The number of ether oxygens (including phenoxy) is 1. The number of nitrogens with zero attached hydrogens (tertiary/aromatic N) is 1. The number of rotatable bonds is 5. The average molecular weight is 377 g/mol. The molecule has 4 rings (SSSR count). The summed E-state index contributed by atoms with van der Waals surface area (Å²) in [6, 6.07) is 14.7. The largest absolute Gasteiger partial charge is 0.472 e. The molecular formula is C21H16FN3O3. The molecule has 28 heavy (non-hydrogen) atoms. The van der Waals surface area contributed by atoms with E-state index in [2.05, 4.69) is 15.6 Å². The number of aromatic nitrogens is 1. The molecule has 0 saturated carbocycles. The van der Waals surface area contributed by atoms with Crippen LogP contribution in [0.5, 0.6) is 5.88 Å². The molecule has 3 aromatic rings. The Morgan fingerprint density at radius 1 is 1.18 bits per heavy atom. The Labute approximate surface area is 160 Å². The minimum atomic E-state index is -0.408. The van der Waals surface area contributed by atoms with Gasteiger partial charge in [0.2, 0.25) is 11.8 Å². The zero-order chi connectivity index (χ0) is 19.5. The lowest BCUT2D eigenvalue weighted by Gasteiger charge is -2.11. The molecule has 0 spiro atoms. The summed E-state index contributed by atoms with van der Waals surface area (Å²) in [5, 5.41) is 5.52. The molecule has 0 radical (unpaired) electrons. The molecule has 1 aliphatic rings. The van der Waals surface area contributed by atoms with E-state index in [0.717, 1.165) is 11.3 Å². The second-order valence-corrected chi connectivity index (χ2v) is 6.29. The maximum Gasteiger partial charge on any atom is 0.261 e. The van der Waals surface area contributed by atoms with Crippen LogP contribution in [-0.2, 0) is 17.8 Å². The van der Waals surface area contributed by atoms with Gasteiger partial charge in [0.15, 0.2) is 0 Å². The lowest BCUT2D eigenvalue weighted by atomic mass is 10.1. The van der Waals surface area contributed by atoms with E-state index >= 15 is 0 Å². The number of anilines is 2. The molecule has 1 aliphatic heterocycles. The molecular weight excluding hydrogens is 361 g/mol. The van der Waals surface area contributed by atoms with Crippen molar-refractivity contribution in [3.63, 3.8) is 0 Å². The predicted octanol–water partition coefficient (Wildman–Crippen LogP) is 3.55. The SMILES string of the molecule is O=C1Cc2cc(NC(=O)c3cccnc3OCc3ccccc3F)ccc2N1. The average Bonchev–Trinajstić information content (AvgIpc) is 3.07. The predicted molar refractivity (Wildman–Crippen MR) is 102 cm³/mol. The number of carbonyl (C=O) groups is 2. The van der Waals surface area contributed by atoms with Gasteiger partial charge in [0, 0.05) is 23.1 Å². The van der Waals surface area contributed by atoms with E-state index in [0.29, 0.717) is 11.3 Å². The van der Waals surface area contributed by atoms with Crippen molar-refractivity contribution in [3.8, 4) is 5.88 Å². The highest BCUT2D eigenvalue weighted by molar-refractivity contribution is 6.06. The van der Waals surface area contributed by atoms with Crippen molar-refractivity contribution < 1.29 is 18.7 Å². The van der Waals surface area contributed by atoms with Crippen LogP contribution in [0.3, 0.4) is 0 Å². The lowest BCUT2D eigenvalue weighted by molar-refractivity contribution is -0.115. The Bertz CT molecular complexity index is 1070. The molecule has 0 aliphatic carbocycles. The first kappa shape index (κ1) is 17.7. The molecule has 0 unspecified atom stereocenters. The van der Waals surface area contributed by atoms with Crippen LogP contribution >= 0.6 is 0 Å². The number of hydrogen-bond donors (Lipinski definition) is 2. The van der Waals surface area contributed by atoms with Gasteiger partial charge in [-0.2, -0.15) is 0 Å². The summed E-state index contributed by atoms with van der Waals surface area (Å²) < 4.78 is 19.4. The molecule has 0 saturated heterocycles. The fourth-order valence-electron chi connectivity index (χ4n) is 2.95. The molecule has 2 heterocycles. The smallest absolute Gasteiger partial charge is 0.261 e. The third-order valence-electron chi connectivity index (χ3n) is 4.33. The van der Waals surface area contributed by atoms with Gasteiger partial charge in [-0.3, -0.25) is 9.59 Å². The van der Waals surface area contributed by atoms with Crippen LogP contribution in [0, 0.1) is 5.82 Å². The van der Waals surface area contributed by atoms with E-state index in [1.54, 1.807) is 48.5 Å². The number of pyridine rings is 1. The van der Waals surface area contributed by atoms with Crippen molar-refractivity contribution in [2.45, 2.75) is 13.0 Å². The third kappa shape index (κ3) is 3.68. The molecule has 0 fully saturated rings. The van der Waals surface area contributed by atoms with Crippen LogP contribution in [0.15, 0.2) is 60.8 Å². The van der Waals surface area contributed by atoms with Crippen molar-refractivity contribution in [1.82, 2.24) is 4.98 Å². The molecule has 6 nitrogen and oxygen atoms in total. The van der Waals surface area contributed by atoms with Gasteiger partial charge in [0.25, 0.3) is 5.91 Å². The molecule has 7 heteroatoms. The van der Waals surface area contributed by atoms with Gasteiger partial charge < -0.3 is 15.4 Å². The maximum atomic E-state index is 13.8. The standard InChI is InChI=1S/C21H16FN3O3/c22-17-6-2-1-4-13(17)12-28-21-16(5-3-9-23-21)20(27)24-15-7-8-18-14(10-15)11-19(26)25-18/h1-10H,11-12H2,(H,24,27)(H,25,26). The van der Waals surface area contributed by atoms with Gasteiger partial charge in [0.1, 0.15) is 18.0 Å². The molecule has 1 aromatic heterocycles. The van der Waals surface area contributed by atoms with E-state index in [1.165, 1.54) is 12.3 Å². The fraction of sp³-hybridized carbons (Fsp3) is 0.0952. The molecule has 2 aromatic carbocycles.